The zero-order valence-corrected chi connectivity index (χ0v) is 19.6. The van der Waals surface area contributed by atoms with Gasteiger partial charge in [-0.15, -0.1) is 0 Å². The van der Waals surface area contributed by atoms with Gasteiger partial charge in [0, 0.05) is 18.1 Å². The standard InChI is InChI=1S/C26H29ClN2O3/c1-17(2)32-21-12-10-19(11-13-21)23-24(28-14-6-7-18(3)15-28)26(31)29(25(23)30)16-20-8-4-5-9-22(20)27/h4-5,8-13,17-18H,6-7,14-16H2,1-3H3. The van der Waals surface area contributed by atoms with Crippen LogP contribution in [0, 0.1) is 5.92 Å². The molecular weight excluding hydrogens is 424 g/mol. The third kappa shape index (κ3) is 4.53. The molecule has 0 aromatic heterocycles. The number of carbonyl (C=O) groups excluding carboxylic acids is 2. The van der Waals surface area contributed by atoms with Crippen LogP contribution in [0.1, 0.15) is 44.7 Å². The number of imide groups is 1. The van der Waals surface area contributed by atoms with E-state index in [-0.39, 0.29) is 24.5 Å². The van der Waals surface area contributed by atoms with Crippen molar-refractivity contribution >= 4 is 29.0 Å². The van der Waals surface area contributed by atoms with Gasteiger partial charge in [-0.25, -0.2) is 0 Å². The van der Waals surface area contributed by atoms with Crippen LogP contribution >= 0.6 is 11.6 Å². The number of carbonyl (C=O) groups is 2. The average molecular weight is 453 g/mol. The molecular formula is C26H29ClN2O3. The van der Waals surface area contributed by atoms with E-state index in [9.17, 15) is 9.59 Å². The maximum Gasteiger partial charge on any atom is 0.278 e. The third-order valence-corrected chi connectivity index (χ3v) is 6.29. The average Bonchev–Trinajstić information content (AvgIpc) is 3.00. The Hall–Kier alpha value is -2.79. The predicted molar refractivity (Wildman–Crippen MR) is 126 cm³/mol. The van der Waals surface area contributed by atoms with Gasteiger partial charge in [0.1, 0.15) is 11.4 Å². The fourth-order valence-electron chi connectivity index (χ4n) is 4.42. The number of hydrogen-bond donors (Lipinski definition) is 0. The van der Waals surface area contributed by atoms with E-state index in [4.69, 9.17) is 16.3 Å². The Balaban J connectivity index is 1.72. The predicted octanol–water partition coefficient (Wildman–Crippen LogP) is 5.14. The summed E-state index contributed by atoms with van der Waals surface area (Å²) in [7, 11) is 0. The lowest BCUT2D eigenvalue weighted by Crippen LogP contribution is -2.39. The minimum Gasteiger partial charge on any atom is -0.491 e. The monoisotopic (exact) mass is 452 g/mol. The van der Waals surface area contributed by atoms with Crippen molar-refractivity contribution in [1.82, 2.24) is 9.80 Å². The van der Waals surface area contributed by atoms with Gasteiger partial charge in [-0.3, -0.25) is 14.5 Å². The maximum absolute atomic E-state index is 13.6. The van der Waals surface area contributed by atoms with E-state index >= 15 is 0 Å². The SMILES string of the molecule is CC1CCCN(C2=C(c3ccc(OC(C)C)cc3)C(=O)N(Cc3ccccc3Cl)C2=O)C1. The highest BCUT2D eigenvalue weighted by molar-refractivity contribution is 6.35. The summed E-state index contributed by atoms with van der Waals surface area (Å²) >= 11 is 6.33. The van der Waals surface area contributed by atoms with Gasteiger partial charge in [-0.2, -0.15) is 0 Å². The first-order valence-corrected chi connectivity index (χ1v) is 11.6. The molecule has 0 radical (unpaired) electrons. The number of halogens is 1. The fraction of sp³-hybridized carbons (Fsp3) is 0.385. The van der Waals surface area contributed by atoms with E-state index in [1.807, 2.05) is 56.3 Å². The number of amides is 2. The number of piperidine rings is 1. The minimum atomic E-state index is -0.277. The van der Waals surface area contributed by atoms with Gasteiger partial charge >= 0.3 is 0 Å². The zero-order valence-electron chi connectivity index (χ0n) is 18.8. The van der Waals surface area contributed by atoms with E-state index in [2.05, 4.69) is 11.8 Å². The van der Waals surface area contributed by atoms with Crippen molar-refractivity contribution in [3.8, 4) is 5.75 Å². The Morgan fingerprint density at radius 1 is 1.06 bits per heavy atom. The summed E-state index contributed by atoms with van der Waals surface area (Å²) in [4.78, 5) is 30.6. The number of nitrogens with zero attached hydrogens (tertiary/aromatic N) is 2. The van der Waals surface area contributed by atoms with Crippen LogP contribution in [0.4, 0.5) is 0 Å². The molecule has 2 aromatic carbocycles. The molecule has 1 fully saturated rings. The van der Waals surface area contributed by atoms with Gasteiger partial charge in [0.05, 0.1) is 18.2 Å². The van der Waals surface area contributed by atoms with E-state index in [1.54, 1.807) is 6.07 Å². The van der Waals surface area contributed by atoms with Crippen LogP contribution in [-0.2, 0) is 16.1 Å². The maximum atomic E-state index is 13.6. The van der Waals surface area contributed by atoms with Crippen molar-refractivity contribution in [3.63, 3.8) is 0 Å². The van der Waals surface area contributed by atoms with Gasteiger partial charge in [0.2, 0.25) is 0 Å². The van der Waals surface area contributed by atoms with Crippen molar-refractivity contribution < 1.29 is 14.3 Å². The molecule has 1 atom stereocenters. The van der Waals surface area contributed by atoms with Crippen LogP contribution in [0.25, 0.3) is 5.57 Å². The number of hydrogen-bond acceptors (Lipinski definition) is 4. The third-order valence-electron chi connectivity index (χ3n) is 5.92. The molecule has 0 bridgehead atoms. The lowest BCUT2D eigenvalue weighted by atomic mass is 9.97. The number of likely N-dealkylation sites (tertiary alicyclic amines) is 1. The lowest BCUT2D eigenvalue weighted by molar-refractivity contribution is -0.138. The van der Waals surface area contributed by atoms with Gasteiger partial charge in [-0.1, -0.05) is 48.9 Å². The molecule has 0 aliphatic carbocycles. The van der Waals surface area contributed by atoms with Crippen LogP contribution in [0.15, 0.2) is 54.2 Å². The van der Waals surface area contributed by atoms with E-state index in [0.717, 1.165) is 42.8 Å². The van der Waals surface area contributed by atoms with Gasteiger partial charge in [-0.05, 0) is 61.9 Å². The van der Waals surface area contributed by atoms with Crippen molar-refractivity contribution in [3.05, 3.63) is 70.4 Å². The summed E-state index contributed by atoms with van der Waals surface area (Å²) in [5.74, 6) is 0.684. The Labute approximate surface area is 194 Å². The molecule has 2 aliphatic heterocycles. The van der Waals surface area contributed by atoms with Crippen molar-refractivity contribution in [2.75, 3.05) is 13.1 Å². The molecule has 32 heavy (non-hydrogen) atoms. The van der Waals surface area contributed by atoms with Crippen LogP contribution in [0.5, 0.6) is 5.75 Å². The molecule has 2 amide bonds. The summed E-state index contributed by atoms with van der Waals surface area (Å²) in [5.41, 5.74) is 2.46. The van der Waals surface area contributed by atoms with Crippen molar-refractivity contribution in [2.24, 2.45) is 5.92 Å². The Morgan fingerprint density at radius 2 is 1.78 bits per heavy atom. The lowest BCUT2D eigenvalue weighted by Gasteiger charge is -2.33. The highest BCUT2D eigenvalue weighted by atomic mass is 35.5. The molecule has 1 unspecified atom stereocenters. The summed E-state index contributed by atoms with van der Waals surface area (Å²) in [6.45, 7) is 7.83. The largest absolute Gasteiger partial charge is 0.491 e. The van der Waals surface area contributed by atoms with Crippen LogP contribution in [0.3, 0.4) is 0 Å². The summed E-state index contributed by atoms with van der Waals surface area (Å²) in [6.07, 6.45) is 2.20. The number of rotatable bonds is 6. The Bertz CT molecular complexity index is 1050. The summed E-state index contributed by atoms with van der Waals surface area (Å²) in [6, 6.07) is 14.8. The van der Waals surface area contributed by atoms with E-state index in [1.165, 1.54) is 4.90 Å². The van der Waals surface area contributed by atoms with Crippen LogP contribution in [-0.4, -0.2) is 40.8 Å². The van der Waals surface area contributed by atoms with Crippen LogP contribution in [0.2, 0.25) is 5.02 Å². The molecule has 2 heterocycles. The van der Waals surface area contributed by atoms with Gasteiger partial charge in [0.15, 0.2) is 0 Å². The van der Waals surface area contributed by atoms with E-state index in [0.29, 0.717) is 22.2 Å². The molecule has 1 saturated heterocycles. The number of benzene rings is 2. The minimum absolute atomic E-state index is 0.0614. The second kappa shape index (κ2) is 9.37. The molecule has 0 spiro atoms. The fourth-order valence-corrected chi connectivity index (χ4v) is 4.62. The second-order valence-corrected chi connectivity index (χ2v) is 9.30. The molecule has 2 aliphatic rings. The Kier molecular flexibility index (Phi) is 6.56. The Morgan fingerprint density at radius 3 is 2.44 bits per heavy atom. The normalized spacial score (nSPS) is 19.3. The zero-order chi connectivity index (χ0) is 22.8. The first-order valence-electron chi connectivity index (χ1n) is 11.2. The molecule has 0 saturated carbocycles. The molecule has 5 nitrogen and oxygen atoms in total. The van der Waals surface area contributed by atoms with E-state index < -0.39 is 0 Å². The number of ether oxygens (including phenoxy) is 1. The molecule has 168 valence electrons. The second-order valence-electron chi connectivity index (χ2n) is 8.90. The molecule has 4 rings (SSSR count). The summed E-state index contributed by atoms with van der Waals surface area (Å²) < 4.78 is 5.75. The topological polar surface area (TPSA) is 49.9 Å². The quantitative estimate of drug-likeness (QED) is 0.569. The summed E-state index contributed by atoms with van der Waals surface area (Å²) in [5, 5.41) is 0.546. The highest BCUT2D eigenvalue weighted by Crippen LogP contribution is 2.36. The van der Waals surface area contributed by atoms with Crippen molar-refractivity contribution in [2.45, 2.75) is 46.3 Å². The molecule has 6 heteroatoms. The highest BCUT2D eigenvalue weighted by Gasteiger charge is 2.42. The molecule has 2 aromatic rings. The van der Waals surface area contributed by atoms with Crippen LogP contribution < -0.4 is 4.74 Å². The first-order chi connectivity index (χ1) is 15.3. The van der Waals surface area contributed by atoms with Crippen molar-refractivity contribution in [1.29, 1.82) is 0 Å². The first kappa shape index (κ1) is 22.4. The molecule has 0 N–H and O–H groups in total. The van der Waals surface area contributed by atoms with Gasteiger partial charge in [0.25, 0.3) is 11.8 Å². The van der Waals surface area contributed by atoms with Gasteiger partial charge < -0.3 is 9.64 Å². The smallest absolute Gasteiger partial charge is 0.278 e.